The molecule has 2 aromatic heterocycles. The first-order chi connectivity index (χ1) is 22.9. The molecule has 2 unspecified atom stereocenters. The van der Waals surface area contributed by atoms with Crippen LogP contribution in [0.15, 0.2) is 60.6 Å². The SMILES string of the molecule is CN1C=CC2C(=CC=CC2[C@@H](c2cn(C34CC(C3)C4)nn2)N(C(=O)OCO)c2cc(Cl)c3ncc(C#N)c(NCC(C)(C)C)c3c2)C1=O. The molecule has 2 bridgehead atoms. The molecule has 3 heterocycles. The molecule has 12 nitrogen and oxygen atoms in total. The number of nitriles is 1. The normalized spacial score (nSPS) is 24.6. The van der Waals surface area contributed by atoms with E-state index in [1.807, 2.05) is 29.1 Å². The molecule has 3 fully saturated rings. The third kappa shape index (κ3) is 5.31. The molecule has 2 N–H and O–H groups in total. The number of nitrogens with zero attached hydrogens (tertiary/aromatic N) is 7. The summed E-state index contributed by atoms with van der Waals surface area (Å²) in [5, 5.41) is 33.2. The van der Waals surface area contributed by atoms with Gasteiger partial charge in [-0.25, -0.2) is 9.48 Å². The summed E-state index contributed by atoms with van der Waals surface area (Å²) in [6.07, 6.45) is 14.9. The first-order valence-corrected chi connectivity index (χ1v) is 16.4. The van der Waals surface area contributed by atoms with Crippen LogP contribution in [-0.4, -0.2) is 62.4 Å². The van der Waals surface area contributed by atoms with Crippen LogP contribution in [0.5, 0.6) is 0 Å². The van der Waals surface area contributed by atoms with Crippen molar-refractivity contribution in [1.29, 1.82) is 5.26 Å². The van der Waals surface area contributed by atoms with E-state index in [1.165, 1.54) is 16.0 Å². The molecular formula is C35H37ClN8O4. The van der Waals surface area contributed by atoms with Gasteiger partial charge < -0.3 is 20.1 Å². The zero-order valence-corrected chi connectivity index (χ0v) is 28.0. The van der Waals surface area contributed by atoms with Gasteiger partial charge in [0.15, 0.2) is 6.79 Å². The number of nitrogens with one attached hydrogen (secondary N) is 1. The van der Waals surface area contributed by atoms with Crippen LogP contribution in [0.25, 0.3) is 10.9 Å². The van der Waals surface area contributed by atoms with Crippen molar-refractivity contribution in [2.75, 3.05) is 30.6 Å². The number of aromatic nitrogens is 4. The van der Waals surface area contributed by atoms with Crippen LogP contribution >= 0.6 is 11.6 Å². The molecule has 13 heteroatoms. The molecule has 5 aliphatic rings. The minimum atomic E-state index is -0.864. The lowest BCUT2D eigenvalue weighted by Gasteiger charge is -2.61. The first kappa shape index (κ1) is 31.8. The number of halogens is 1. The van der Waals surface area contributed by atoms with Crippen molar-refractivity contribution in [3.63, 3.8) is 0 Å². The number of carbonyl (C=O) groups excluding carboxylic acids is 2. The number of pyridine rings is 1. The van der Waals surface area contributed by atoms with E-state index < -0.39 is 30.8 Å². The van der Waals surface area contributed by atoms with Gasteiger partial charge in [0.1, 0.15) is 11.8 Å². The van der Waals surface area contributed by atoms with Crippen molar-refractivity contribution in [2.45, 2.75) is 51.6 Å². The highest BCUT2D eigenvalue weighted by molar-refractivity contribution is 6.36. The number of amides is 2. The minimum absolute atomic E-state index is 0.0625. The van der Waals surface area contributed by atoms with E-state index in [0.29, 0.717) is 51.6 Å². The molecule has 1 aliphatic heterocycles. The predicted molar refractivity (Wildman–Crippen MR) is 180 cm³/mol. The second-order valence-electron chi connectivity index (χ2n) is 14.4. The highest BCUT2D eigenvalue weighted by atomic mass is 35.5. The molecule has 248 valence electrons. The molecule has 1 aromatic carbocycles. The number of hydrogen-bond donors (Lipinski definition) is 2. The van der Waals surface area contributed by atoms with Crippen LogP contribution in [0.2, 0.25) is 5.02 Å². The summed E-state index contributed by atoms with van der Waals surface area (Å²) >= 11 is 6.91. The van der Waals surface area contributed by atoms with Gasteiger partial charge in [0.2, 0.25) is 0 Å². The van der Waals surface area contributed by atoms with Gasteiger partial charge in [0.05, 0.1) is 45.3 Å². The van der Waals surface area contributed by atoms with Gasteiger partial charge in [-0.05, 0) is 42.7 Å². The van der Waals surface area contributed by atoms with Crippen molar-refractivity contribution in [3.05, 3.63) is 76.9 Å². The smallest absolute Gasteiger partial charge is 0.417 e. The summed E-state index contributed by atoms with van der Waals surface area (Å²) in [5.74, 6) is -0.322. The predicted octanol–water partition coefficient (Wildman–Crippen LogP) is 5.67. The summed E-state index contributed by atoms with van der Waals surface area (Å²) < 4.78 is 7.20. The number of aliphatic hydroxyl groups excluding tert-OH is 1. The van der Waals surface area contributed by atoms with E-state index in [4.69, 9.17) is 16.3 Å². The quantitative estimate of drug-likeness (QED) is 0.290. The molecule has 48 heavy (non-hydrogen) atoms. The molecule has 3 aromatic rings. The van der Waals surface area contributed by atoms with Crippen molar-refractivity contribution >= 4 is 45.9 Å². The van der Waals surface area contributed by atoms with Gasteiger partial charge in [0.25, 0.3) is 5.91 Å². The fraction of sp³-hybridized carbons (Fsp3) is 0.429. The maximum absolute atomic E-state index is 14.1. The molecule has 8 rings (SSSR count). The number of hydrogen-bond acceptors (Lipinski definition) is 9. The van der Waals surface area contributed by atoms with Crippen LogP contribution in [0.1, 0.15) is 57.3 Å². The Morgan fingerprint density at radius 1 is 1.29 bits per heavy atom. The summed E-state index contributed by atoms with van der Waals surface area (Å²) in [6, 6.07) is 4.74. The first-order valence-electron chi connectivity index (χ1n) is 16.0. The molecule has 0 radical (unpaired) electrons. The highest BCUT2D eigenvalue weighted by Crippen LogP contribution is 2.62. The number of fused-ring (bicyclic) bond motifs is 2. The maximum atomic E-state index is 14.1. The number of carbonyl (C=O) groups is 2. The van der Waals surface area contributed by atoms with Gasteiger partial charge in [-0.3, -0.25) is 14.7 Å². The Bertz CT molecular complexity index is 1940. The Balaban J connectivity index is 1.42. The largest absolute Gasteiger partial charge is 0.422 e. The number of benzene rings is 1. The van der Waals surface area contributed by atoms with Gasteiger partial charge in [0, 0.05) is 48.8 Å². The van der Waals surface area contributed by atoms with Crippen molar-refractivity contribution in [3.8, 4) is 6.07 Å². The zero-order valence-electron chi connectivity index (χ0n) is 27.2. The molecule has 4 aliphatic carbocycles. The van der Waals surface area contributed by atoms with Crippen LogP contribution in [0, 0.1) is 34.5 Å². The molecule has 0 saturated heterocycles. The van der Waals surface area contributed by atoms with Gasteiger partial charge >= 0.3 is 6.09 Å². The molecular weight excluding hydrogens is 632 g/mol. The van der Waals surface area contributed by atoms with E-state index >= 15 is 0 Å². The second kappa shape index (κ2) is 11.8. The van der Waals surface area contributed by atoms with Crippen LogP contribution in [0.3, 0.4) is 0 Å². The zero-order chi connectivity index (χ0) is 34.0. The van der Waals surface area contributed by atoms with E-state index in [9.17, 15) is 20.0 Å². The van der Waals surface area contributed by atoms with Crippen molar-refractivity contribution in [1.82, 2.24) is 24.9 Å². The molecule has 2 amide bonds. The summed E-state index contributed by atoms with van der Waals surface area (Å²) in [7, 11) is 1.70. The lowest BCUT2D eigenvalue weighted by molar-refractivity contribution is -0.124. The number of anilines is 2. The Hall–Kier alpha value is -4.73. The van der Waals surface area contributed by atoms with Gasteiger partial charge in [-0.2, -0.15) is 5.26 Å². The van der Waals surface area contributed by atoms with Crippen molar-refractivity contribution < 1.29 is 19.4 Å². The monoisotopic (exact) mass is 668 g/mol. The van der Waals surface area contributed by atoms with Crippen molar-refractivity contribution in [2.24, 2.45) is 23.2 Å². The van der Waals surface area contributed by atoms with Crippen LogP contribution in [-0.2, 0) is 15.1 Å². The Morgan fingerprint density at radius 3 is 2.73 bits per heavy atom. The lowest BCUT2D eigenvalue weighted by Crippen LogP contribution is -2.59. The van der Waals surface area contributed by atoms with Crippen LogP contribution in [0.4, 0.5) is 16.2 Å². The Morgan fingerprint density at radius 2 is 2.06 bits per heavy atom. The van der Waals surface area contributed by atoms with Gasteiger partial charge in [-0.1, -0.05) is 61.9 Å². The third-order valence-corrected chi connectivity index (χ3v) is 10.2. The number of aliphatic hydroxyl groups is 1. The fourth-order valence-electron chi connectivity index (χ4n) is 7.34. The summed E-state index contributed by atoms with van der Waals surface area (Å²) in [4.78, 5) is 34.8. The highest BCUT2D eigenvalue weighted by Gasteiger charge is 2.59. The Labute approximate surface area is 283 Å². The third-order valence-electron chi connectivity index (χ3n) is 9.90. The minimum Gasteiger partial charge on any atom is -0.422 e. The molecule has 3 saturated carbocycles. The summed E-state index contributed by atoms with van der Waals surface area (Å²) in [6.45, 7) is 5.92. The maximum Gasteiger partial charge on any atom is 0.417 e. The molecule has 3 atom stereocenters. The van der Waals surface area contributed by atoms with E-state index in [0.717, 1.165) is 19.3 Å². The Kier molecular flexibility index (Phi) is 7.80. The number of rotatable bonds is 8. The fourth-order valence-corrected chi connectivity index (χ4v) is 7.61. The van der Waals surface area contributed by atoms with E-state index in [-0.39, 0.29) is 21.9 Å². The molecule has 0 spiro atoms. The standard InChI is InChI=1S/C35H37ClN8O4/c1-34(2,3)18-39-29-21(15-37)16-38-30-26(29)10-22(11-27(30)36)44(33(47)48-19-45)31(28-17-43(41-40-28)35-12-20(13-35)14-35)24-6-5-7-25-23(24)8-9-42(4)32(25)46/h5-11,16-17,20,23-24,31,45H,12-14,18-19H2,1-4H3,(H,38,39)/t20?,23?,24?,31-,35?/m0/s1. The second-order valence-corrected chi connectivity index (χ2v) is 14.8. The van der Waals surface area contributed by atoms with Crippen LogP contribution < -0.4 is 10.2 Å². The van der Waals surface area contributed by atoms with Gasteiger partial charge in [-0.15, -0.1) is 5.10 Å². The number of ether oxygens (including phenoxy) is 1. The number of allylic oxidation sites excluding steroid dienone is 3. The average Bonchev–Trinajstić information content (AvgIpc) is 3.47. The van der Waals surface area contributed by atoms with E-state index in [2.05, 4.69) is 47.5 Å². The number of likely N-dealkylation sites (N-methyl/N-ethyl adjacent to an activating group) is 1. The van der Waals surface area contributed by atoms with E-state index in [1.54, 1.807) is 31.5 Å². The topological polar surface area (TPSA) is 150 Å². The average molecular weight is 669 g/mol. The summed E-state index contributed by atoms with van der Waals surface area (Å²) in [5.41, 5.74) is 2.53. The lowest BCUT2D eigenvalue weighted by atomic mass is 9.50.